The Hall–Kier alpha value is -2.01. The van der Waals surface area contributed by atoms with Crippen LogP contribution in [0.15, 0.2) is 24.4 Å². The number of hydrogen-bond donors (Lipinski definition) is 1. The number of fused-ring (bicyclic) bond motifs is 2. The molecule has 1 aromatic carbocycles. The molecule has 0 spiro atoms. The molecule has 5 nitrogen and oxygen atoms in total. The summed E-state index contributed by atoms with van der Waals surface area (Å²) in [5.74, 6) is 2.69. The number of piperidine rings is 1. The molecule has 110 valence electrons. The number of ether oxygens (including phenoxy) is 2. The summed E-state index contributed by atoms with van der Waals surface area (Å²) in [7, 11) is 2.03. The average Bonchev–Trinajstić information content (AvgIpc) is 2.99. The summed E-state index contributed by atoms with van der Waals surface area (Å²) in [6, 6.07) is 6.66. The van der Waals surface area contributed by atoms with E-state index in [1.807, 2.05) is 25.4 Å². The molecule has 5 heteroatoms. The van der Waals surface area contributed by atoms with Gasteiger partial charge in [-0.05, 0) is 43.5 Å². The van der Waals surface area contributed by atoms with Crippen LogP contribution in [0.25, 0.3) is 10.8 Å². The number of hydrogen-bond acceptors (Lipinski definition) is 5. The number of pyridine rings is 1. The maximum atomic E-state index is 5.51. The third-order valence-electron chi connectivity index (χ3n) is 4.37. The van der Waals surface area contributed by atoms with E-state index in [0.29, 0.717) is 12.8 Å². The Balaban J connectivity index is 1.78. The molecule has 21 heavy (non-hydrogen) atoms. The molecule has 1 saturated heterocycles. The van der Waals surface area contributed by atoms with Crippen molar-refractivity contribution in [1.29, 1.82) is 0 Å². The molecule has 2 aliphatic heterocycles. The van der Waals surface area contributed by atoms with E-state index in [4.69, 9.17) is 9.47 Å². The lowest BCUT2D eigenvalue weighted by atomic mass is 10.0. The molecule has 4 rings (SSSR count). The van der Waals surface area contributed by atoms with Crippen molar-refractivity contribution in [3.63, 3.8) is 0 Å². The largest absolute Gasteiger partial charge is 0.454 e. The molecule has 2 aliphatic rings. The van der Waals surface area contributed by atoms with E-state index in [9.17, 15) is 0 Å². The van der Waals surface area contributed by atoms with Gasteiger partial charge in [-0.2, -0.15) is 0 Å². The third-order valence-corrected chi connectivity index (χ3v) is 4.37. The molecular formula is C16H19N3O2. The molecule has 0 saturated carbocycles. The van der Waals surface area contributed by atoms with Gasteiger partial charge in [-0.25, -0.2) is 4.98 Å². The normalized spacial score (nSPS) is 21.0. The highest BCUT2D eigenvalue weighted by atomic mass is 16.7. The van der Waals surface area contributed by atoms with E-state index in [1.165, 1.54) is 12.8 Å². The second-order valence-corrected chi connectivity index (χ2v) is 5.64. The molecule has 0 radical (unpaired) electrons. The van der Waals surface area contributed by atoms with Gasteiger partial charge in [0.15, 0.2) is 11.5 Å². The van der Waals surface area contributed by atoms with Gasteiger partial charge in [-0.15, -0.1) is 0 Å². The highest BCUT2D eigenvalue weighted by molar-refractivity contribution is 5.94. The van der Waals surface area contributed by atoms with Crippen LogP contribution in [0.1, 0.15) is 12.8 Å². The van der Waals surface area contributed by atoms with Gasteiger partial charge in [0.05, 0.1) is 0 Å². The third kappa shape index (κ3) is 2.17. The number of nitrogens with one attached hydrogen (secondary N) is 1. The van der Waals surface area contributed by atoms with Crippen molar-refractivity contribution in [3.05, 3.63) is 24.4 Å². The van der Waals surface area contributed by atoms with Crippen LogP contribution >= 0.6 is 0 Å². The summed E-state index contributed by atoms with van der Waals surface area (Å²) in [5, 5.41) is 5.67. The number of benzene rings is 1. The second-order valence-electron chi connectivity index (χ2n) is 5.64. The van der Waals surface area contributed by atoms with Crippen molar-refractivity contribution in [2.24, 2.45) is 0 Å². The Kier molecular flexibility index (Phi) is 3.07. The fourth-order valence-corrected chi connectivity index (χ4v) is 3.20. The Labute approximate surface area is 123 Å². The molecule has 1 fully saturated rings. The SMILES string of the molecule is CNC1CCCN(c2nccc3cc4c(cc23)OCO4)C1. The molecule has 3 heterocycles. The van der Waals surface area contributed by atoms with Gasteiger partial charge in [0.1, 0.15) is 5.82 Å². The summed E-state index contributed by atoms with van der Waals surface area (Å²) in [4.78, 5) is 7.00. The first-order chi connectivity index (χ1) is 10.3. The Morgan fingerprint density at radius 2 is 2.14 bits per heavy atom. The Morgan fingerprint density at radius 3 is 3.00 bits per heavy atom. The molecule has 1 unspecified atom stereocenters. The van der Waals surface area contributed by atoms with Crippen LogP contribution in [0.5, 0.6) is 11.5 Å². The summed E-state index contributed by atoms with van der Waals surface area (Å²) in [6.07, 6.45) is 4.29. The first-order valence-corrected chi connectivity index (χ1v) is 7.46. The molecule has 1 atom stereocenters. The zero-order chi connectivity index (χ0) is 14.2. The van der Waals surface area contributed by atoms with Gasteiger partial charge in [-0.3, -0.25) is 0 Å². The van der Waals surface area contributed by atoms with Crippen molar-refractivity contribution < 1.29 is 9.47 Å². The van der Waals surface area contributed by atoms with Gasteiger partial charge < -0.3 is 19.7 Å². The zero-order valence-electron chi connectivity index (χ0n) is 12.1. The minimum atomic E-state index is 0.306. The Bertz CT molecular complexity index is 674. The van der Waals surface area contributed by atoms with Gasteiger partial charge >= 0.3 is 0 Å². The van der Waals surface area contributed by atoms with Crippen LogP contribution < -0.4 is 19.7 Å². The smallest absolute Gasteiger partial charge is 0.231 e. The maximum Gasteiger partial charge on any atom is 0.231 e. The van der Waals surface area contributed by atoms with Crippen LogP contribution in [0.4, 0.5) is 5.82 Å². The first-order valence-electron chi connectivity index (χ1n) is 7.46. The molecule has 0 bridgehead atoms. The zero-order valence-corrected chi connectivity index (χ0v) is 12.1. The number of aromatic nitrogens is 1. The van der Waals surface area contributed by atoms with Crippen LogP contribution in [-0.2, 0) is 0 Å². The molecule has 2 aromatic rings. The monoisotopic (exact) mass is 285 g/mol. The van der Waals surface area contributed by atoms with Crippen LogP contribution in [0.3, 0.4) is 0 Å². The average molecular weight is 285 g/mol. The maximum absolute atomic E-state index is 5.51. The summed E-state index contributed by atoms with van der Waals surface area (Å²) >= 11 is 0. The van der Waals surface area contributed by atoms with Crippen molar-refractivity contribution in [2.45, 2.75) is 18.9 Å². The molecular weight excluding hydrogens is 266 g/mol. The number of likely N-dealkylation sites (N-methyl/N-ethyl adjacent to an activating group) is 1. The lowest BCUT2D eigenvalue weighted by Gasteiger charge is -2.34. The van der Waals surface area contributed by atoms with Gasteiger partial charge in [0.25, 0.3) is 0 Å². The summed E-state index contributed by atoms with van der Waals surface area (Å²) in [5.41, 5.74) is 0. The highest BCUT2D eigenvalue weighted by Gasteiger charge is 2.22. The lowest BCUT2D eigenvalue weighted by Crippen LogP contribution is -2.44. The fraction of sp³-hybridized carbons (Fsp3) is 0.438. The number of nitrogens with zero attached hydrogens (tertiary/aromatic N) is 2. The quantitative estimate of drug-likeness (QED) is 0.916. The Morgan fingerprint density at radius 1 is 1.29 bits per heavy atom. The van der Waals surface area contributed by atoms with Crippen LogP contribution in [0.2, 0.25) is 0 Å². The predicted molar refractivity (Wildman–Crippen MR) is 82.2 cm³/mol. The van der Waals surface area contributed by atoms with E-state index in [1.54, 1.807) is 0 Å². The van der Waals surface area contributed by atoms with Crippen LogP contribution in [0, 0.1) is 0 Å². The van der Waals surface area contributed by atoms with Crippen molar-refractivity contribution >= 4 is 16.6 Å². The van der Waals surface area contributed by atoms with E-state index in [0.717, 1.165) is 41.2 Å². The standard InChI is InChI=1S/C16H19N3O2/c1-17-12-3-2-6-19(9-12)16-13-8-15-14(20-10-21-15)7-11(13)4-5-18-16/h4-5,7-8,12,17H,2-3,6,9-10H2,1H3. The second kappa shape index (κ2) is 5.07. The molecule has 0 amide bonds. The van der Waals surface area contributed by atoms with Crippen molar-refractivity contribution in [1.82, 2.24) is 10.3 Å². The first kappa shape index (κ1) is 12.7. The topological polar surface area (TPSA) is 46.6 Å². The van der Waals surface area contributed by atoms with Gasteiger partial charge in [0, 0.05) is 30.7 Å². The van der Waals surface area contributed by atoms with Crippen LogP contribution in [-0.4, -0.2) is 38.0 Å². The number of rotatable bonds is 2. The minimum absolute atomic E-state index is 0.306. The van der Waals surface area contributed by atoms with Gasteiger partial charge in [-0.1, -0.05) is 0 Å². The predicted octanol–water partition coefficient (Wildman–Crippen LogP) is 2.15. The van der Waals surface area contributed by atoms with E-state index < -0.39 is 0 Å². The summed E-state index contributed by atoms with van der Waals surface area (Å²) < 4.78 is 11.0. The van der Waals surface area contributed by atoms with E-state index in [2.05, 4.69) is 21.3 Å². The van der Waals surface area contributed by atoms with Gasteiger partial charge in [0.2, 0.25) is 6.79 Å². The molecule has 1 aromatic heterocycles. The van der Waals surface area contributed by atoms with E-state index in [-0.39, 0.29) is 0 Å². The van der Waals surface area contributed by atoms with Crippen molar-refractivity contribution in [3.8, 4) is 11.5 Å². The summed E-state index contributed by atoms with van der Waals surface area (Å²) in [6.45, 7) is 2.36. The van der Waals surface area contributed by atoms with Crippen molar-refractivity contribution in [2.75, 3.05) is 31.8 Å². The molecule has 1 N–H and O–H groups in total. The lowest BCUT2D eigenvalue weighted by molar-refractivity contribution is 0.174. The molecule has 0 aliphatic carbocycles. The van der Waals surface area contributed by atoms with E-state index >= 15 is 0 Å². The fourth-order valence-electron chi connectivity index (χ4n) is 3.20. The number of anilines is 1. The minimum Gasteiger partial charge on any atom is -0.454 e. The highest BCUT2D eigenvalue weighted by Crippen LogP contribution is 2.38.